The van der Waals surface area contributed by atoms with Gasteiger partial charge in [-0.2, -0.15) is 0 Å². The van der Waals surface area contributed by atoms with Crippen LogP contribution >= 0.6 is 22.6 Å². The zero-order chi connectivity index (χ0) is 11.6. The van der Waals surface area contributed by atoms with Crippen molar-refractivity contribution in [3.8, 4) is 0 Å². The normalized spacial score (nSPS) is 24.6. The van der Waals surface area contributed by atoms with Crippen molar-refractivity contribution in [2.45, 2.75) is 18.4 Å². The molecule has 0 radical (unpaired) electrons. The number of hydrogen-bond donors (Lipinski definition) is 1. The summed E-state index contributed by atoms with van der Waals surface area (Å²) in [5, 5.41) is 0. The predicted molar refractivity (Wildman–Crippen MR) is 70.2 cm³/mol. The Balaban J connectivity index is 2.04. The van der Waals surface area contributed by atoms with E-state index in [0.29, 0.717) is 26.1 Å². The Labute approximate surface area is 108 Å². The fraction of sp³-hybridized carbons (Fsp3) is 0.417. The minimum absolute atomic E-state index is 0.0752. The van der Waals surface area contributed by atoms with Gasteiger partial charge in [0.25, 0.3) is 0 Å². The van der Waals surface area contributed by atoms with Crippen LogP contribution in [0.25, 0.3) is 0 Å². The summed E-state index contributed by atoms with van der Waals surface area (Å²) < 4.78 is 6.36. The monoisotopic (exact) mass is 331 g/mol. The van der Waals surface area contributed by atoms with Crippen LogP contribution in [0.4, 0.5) is 0 Å². The summed E-state index contributed by atoms with van der Waals surface area (Å²) in [6.45, 7) is 0.950. The molecule has 1 aromatic rings. The van der Waals surface area contributed by atoms with Gasteiger partial charge in [0.2, 0.25) is 0 Å². The van der Waals surface area contributed by atoms with Crippen molar-refractivity contribution < 1.29 is 9.53 Å². The Kier molecular flexibility index (Phi) is 3.61. The summed E-state index contributed by atoms with van der Waals surface area (Å²) in [5.74, 6) is 0.0752. The third-order valence-electron chi connectivity index (χ3n) is 2.89. The molecule has 0 amide bonds. The molecule has 4 heteroatoms. The van der Waals surface area contributed by atoms with E-state index >= 15 is 0 Å². The van der Waals surface area contributed by atoms with E-state index in [4.69, 9.17) is 10.5 Å². The zero-order valence-electron chi connectivity index (χ0n) is 8.91. The van der Waals surface area contributed by atoms with Crippen LogP contribution in [0.5, 0.6) is 0 Å². The standard InChI is InChI=1S/C12H14INO2/c13-10-3-1-9(2-4-10)7-11(15)12(14)5-6-16-8-12/h1-4H,5-8,14H2. The Bertz CT molecular complexity index is 383. The third kappa shape index (κ3) is 2.61. The van der Waals surface area contributed by atoms with Crippen LogP contribution in [0, 0.1) is 3.57 Å². The molecule has 1 unspecified atom stereocenters. The van der Waals surface area contributed by atoms with Gasteiger partial charge in [-0.3, -0.25) is 4.79 Å². The molecule has 0 bridgehead atoms. The molecule has 16 heavy (non-hydrogen) atoms. The number of benzene rings is 1. The first-order valence-electron chi connectivity index (χ1n) is 5.24. The smallest absolute Gasteiger partial charge is 0.159 e. The second kappa shape index (κ2) is 4.81. The highest BCUT2D eigenvalue weighted by molar-refractivity contribution is 14.1. The number of rotatable bonds is 3. The van der Waals surface area contributed by atoms with Crippen LogP contribution in [0.2, 0.25) is 0 Å². The first-order valence-corrected chi connectivity index (χ1v) is 6.32. The molecule has 0 saturated carbocycles. The molecule has 3 nitrogen and oxygen atoms in total. The Hall–Kier alpha value is -0.460. The molecule has 0 spiro atoms. The fourth-order valence-electron chi connectivity index (χ4n) is 1.76. The van der Waals surface area contributed by atoms with Gasteiger partial charge in [0.1, 0.15) is 5.54 Å². The molecule has 1 fully saturated rings. The molecule has 1 aliphatic heterocycles. The predicted octanol–water partition coefficient (Wildman–Crippen LogP) is 1.52. The molecule has 1 saturated heterocycles. The SMILES string of the molecule is NC1(C(=O)Cc2ccc(I)cc2)CCOC1. The quantitative estimate of drug-likeness (QED) is 0.855. The lowest BCUT2D eigenvalue weighted by atomic mass is 9.90. The van der Waals surface area contributed by atoms with Gasteiger partial charge in [-0.15, -0.1) is 0 Å². The number of nitrogens with two attached hydrogens (primary N) is 1. The van der Waals surface area contributed by atoms with Gasteiger partial charge >= 0.3 is 0 Å². The number of ether oxygens (including phenoxy) is 1. The summed E-state index contributed by atoms with van der Waals surface area (Å²) in [5.41, 5.74) is 6.26. The maximum atomic E-state index is 12.0. The third-order valence-corrected chi connectivity index (χ3v) is 3.60. The lowest BCUT2D eigenvalue weighted by Gasteiger charge is -2.19. The second-order valence-electron chi connectivity index (χ2n) is 4.19. The van der Waals surface area contributed by atoms with Gasteiger partial charge in [-0.1, -0.05) is 12.1 Å². The first kappa shape index (κ1) is 12.0. The average molecular weight is 331 g/mol. The lowest BCUT2D eigenvalue weighted by Crippen LogP contribution is -2.49. The molecule has 0 aromatic heterocycles. The van der Waals surface area contributed by atoms with Crippen molar-refractivity contribution in [1.82, 2.24) is 0 Å². The summed E-state index contributed by atoms with van der Waals surface area (Å²) in [4.78, 5) is 12.0. The van der Waals surface area contributed by atoms with Gasteiger partial charge in [-0.05, 0) is 46.7 Å². The zero-order valence-corrected chi connectivity index (χ0v) is 11.1. The van der Waals surface area contributed by atoms with Crippen LogP contribution in [-0.4, -0.2) is 24.5 Å². The summed E-state index contributed by atoms with van der Waals surface area (Å²) in [7, 11) is 0. The maximum absolute atomic E-state index is 12.0. The van der Waals surface area contributed by atoms with Gasteiger partial charge in [0, 0.05) is 16.6 Å². The van der Waals surface area contributed by atoms with Gasteiger partial charge in [0.05, 0.1) is 6.61 Å². The van der Waals surface area contributed by atoms with Crippen molar-refractivity contribution in [1.29, 1.82) is 0 Å². The molecule has 2 N–H and O–H groups in total. The number of Topliss-reactive ketones (excluding diaryl/α,β-unsaturated/α-hetero) is 1. The summed E-state index contributed by atoms with van der Waals surface area (Å²) >= 11 is 2.24. The average Bonchev–Trinajstić information content (AvgIpc) is 2.70. The van der Waals surface area contributed by atoms with E-state index in [1.807, 2.05) is 24.3 Å². The van der Waals surface area contributed by atoms with Crippen molar-refractivity contribution in [3.05, 3.63) is 33.4 Å². The van der Waals surface area contributed by atoms with Crippen molar-refractivity contribution in [2.24, 2.45) is 5.73 Å². The van der Waals surface area contributed by atoms with E-state index in [2.05, 4.69) is 22.6 Å². The Morgan fingerprint density at radius 1 is 1.44 bits per heavy atom. The summed E-state index contributed by atoms with van der Waals surface area (Å²) in [6, 6.07) is 7.94. The molecule has 1 aliphatic rings. The van der Waals surface area contributed by atoms with Crippen molar-refractivity contribution in [2.75, 3.05) is 13.2 Å². The highest BCUT2D eigenvalue weighted by atomic mass is 127. The molecule has 1 heterocycles. The van der Waals surface area contributed by atoms with Crippen LogP contribution in [-0.2, 0) is 16.0 Å². The van der Waals surface area contributed by atoms with Gasteiger partial charge < -0.3 is 10.5 Å². The molecule has 2 rings (SSSR count). The Morgan fingerprint density at radius 2 is 2.12 bits per heavy atom. The minimum Gasteiger partial charge on any atom is -0.379 e. The number of carbonyl (C=O) groups is 1. The van der Waals surface area contributed by atoms with Crippen LogP contribution in [0.1, 0.15) is 12.0 Å². The van der Waals surface area contributed by atoms with Crippen LogP contribution in [0.15, 0.2) is 24.3 Å². The molecule has 0 aliphatic carbocycles. The van der Waals surface area contributed by atoms with E-state index in [1.165, 1.54) is 3.57 Å². The Morgan fingerprint density at radius 3 is 2.69 bits per heavy atom. The molecule has 1 atom stereocenters. The molecule has 1 aromatic carbocycles. The number of hydrogen-bond acceptors (Lipinski definition) is 3. The fourth-order valence-corrected chi connectivity index (χ4v) is 2.12. The van der Waals surface area contributed by atoms with E-state index in [-0.39, 0.29) is 5.78 Å². The maximum Gasteiger partial charge on any atom is 0.159 e. The van der Waals surface area contributed by atoms with E-state index in [0.717, 1.165) is 5.56 Å². The molecular weight excluding hydrogens is 317 g/mol. The highest BCUT2D eigenvalue weighted by Crippen LogP contribution is 2.19. The van der Waals surface area contributed by atoms with E-state index < -0.39 is 5.54 Å². The topological polar surface area (TPSA) is 52.3 Å². The van der Waals surface area contributed by atoms with Crippen LogP contribution in [0.3, 0.4) is 0 Å². The minimum atomic E-state index is -0.761. The largest absolute Gasteiger partial charge is 0.379 e. The second-order valence-corrected chi connectivity index (χ2v) is 5.43. The van der Waals surface area contributed by atoms with Gasteiger partial charge in [0.15, 0.2) is 5.78 Å². The number of ketones is 1. The highest BCUT2D eigenvalue weighted by Gasteiger charge is 2.37. The first-order chi connectivity index (χ1) is 7.60. The van der Waals surface area contributed by atoms with E-state index in [1.54, 1.807) is 0 Å². The molecule has 86 valence electrons. The molecular formula is C12H14INO2. The van der Waals surface area contributed by atoms with Crippen molar-refractivity contribution in [3.63, 3.8) is 0 Å². The van der Waals surface area contributed by atoms with Crippen LogP contribution < -0.4 is 5.73 Å². The number of halogens is 1. The van der Waals surface area contributed by atoms with Gasteiger partial charge in [-0.25, -0.2) is 0 Å². The van der Waals surface area contributed by atoms with Crippen molar-refractivity contribution >= 4 is 28.4 Å². The number of carbonyl (C=O) groups excluding carboxylic acids is 1. The lowest BCUT2D eigenvalue weighted by molar-refractivity contribution is -0.123. The van der Waals surface area contributed by atoms with E-state index in [9.17, 15) is 4.79 Å². The summed E-state index contributed by atoms with van der Waals surface area (Å²) in [6.07, 6.45) is 1.03.